The summed E-state index contributed by atoms with van der Waals surface area (Å²) in [7, 11) is 0. The topological polar surface area (TPSA) is 6.48 Å². The third-order valence-electron chi connectivity index (χ3n) is 17.7. The van der Waals surface area contributed by atoms with Crippen LogP contribution in [0.4, 0.5) is 33.4 Å². The Morgan fingerprint density at radius 3 is 1.50 bits per heavy atom. The molecule has 0 amide bonds. The average Bonchev–Trinajstić information content (AvgIpc) is 3.66. The summed E-state index contributed by atoms with van der Waals surface area (Å²) in [6.07, 6.45) is 4.73. The van der Waals surface area contributed by atoms with Crippen molar-refractivity contribution in [1.82, 2.24) is 0 Å². The number of benzene rings is 6. The highest BCUT2D eigenvalue weighted by molar-refractivity contribution is 7.26. The van der Waals surface area contributed by atoms with Gasteiger partial charge in [0.1, 0.15) is 0 Å². The summed E-state index contributed by atoms with van der Waals surface area (Å²) in [5.41, 5.74) is 23.6. The van der Waals surface area contributed by atoms with E-state index in [2.05, 4.69) is 237 Å². The molecule has 6 aromatic carbocycles. The van der Waals surface area contributed by atoms with Crippen molar-refractivity contribution in [2.75, 3.05) is 9.80 Å². The molecule has 1 aromatic heterocycles. The highest BCUT2D eigenvalue weighted by Crippen LogP contribution is 2.55. The Balaban J connectivity index is 1.33. The highest BCUT2D eigenvalue weighted by Gasteiger charge is 2.49. The molecule has 4 heteroatoms. The molecule has 70 heavy (non-hydrogen) atoms. The quantitative estimate of drug-likeness (QED) is 0.163. The summed E-state index contributed by atoms with van der Waals surface area (Å²) < 4.78 is 1.40. The molecular weight excluding hydrogens is 864 g/mol. The van der Waals surface area contributed by atoms with Crippen LogP contribution in [-0.2, 0) is 37.9 Å². The maximum Gasteiger partial charge on any atom is 0.254 e. The van der Waals surface area contributed by atoms with Gasteiger partial charge in [-0.05, 0) is 184 Å². The van der Waals surface area contributed by atoms with Gasteiger partial charge in [-0.25, -0.2) is 0 Å². The van der Waals surface area contributed by atoms with Gasteiger partial charge in [-0.2, -0.15) is 0 Å². The molecule has 0 radical (unpaired) electrons. The van der Waals surface area contributed by atoms with Gasteiger partial charge < -0.3 is 9.80 Å². The molecule has 3 heterocycles. The molecule has 0 atom stereocenters. The van der Waals surface area contributed by atoms with Crippen LogP contribution in [0.1, 0.15) is 182 Å². The summed E-state index contributed by atoms with van der Waals surface area (Å²) in [5.74, 6) is 0. The smallest absolute Gasteiger partial charge is 0.254 e. The molecule has 2 aliphatic carbocycles. The predicted molar refractivity (Wildman–Crippen MR) is 308 cm³/mol. The lowest BCUT2D eigenvalue weighted by Gasteiger charge is -2.47. The van der Waals surface area contributed by atoms with Gasteiger partial charge in [-0.1, -0.05) is 172 Å². The fourth-order valence-electron chi connectivity index (χ4n) is 12.7. The van der Waals surface area contributed by atoms with Crippen LogP contribution < -0.4 is 26.2 Å². The van der Waals surface area contributed by atoms with Gasteiger partial charge in [0.2, 0.25) is 0 Å². The monoisotopic (exact) mass is 941 g/mol. The van der Waals surface area contributed by atoms with Crippen molar-refractivity contribution in [2.45, 2.75) is 181 Å². The Morgan fingerprint density at radius 1 is 0.443 bits per heavy atom. The number of hydrogen-bond acceptors (Lipinski definition) is 3. The standard InChI is InChI=1S/C66H77BN2S/c1-60(2,3)41-23-26-44(27-24-41)68-53-38-49-48(64(12,13)30-31-65(49,14)15)37-51(53)67-57-46-36-47-50(66(16,17)32-29-63(47,10)11)39-56(46)70-59(57)69(55-35-43(62(7,8)9)34-54(68)58(55)67)52-28-25-42(61(4,5)6)33-45(52)40-21-19-18-20-22-40/h18-28,33-39H,29-32H2,1-17H3. The molecule has 0 fully saturated rings. The van der Waals surface area contributed by atoms with Gasteiger partial charge in [0, 0.05) is 33.0 Å². The number of nitrogens with zero attached hydrogens (tertiary/aromatic N) is 2. The Labute approximate surface area is 426 Å². The minimum absolute atomic E-state index is 0.0178. The summed E-state index contributed by atoms with van der Waals surface area (Å²) in [6, 6.07) is 44.1. The normalized spacial score (nSPS) is 18.5. The largest absolute Gasteiger partial charge is 0.311 e. The Hall–Kier alpha value is -5.06. The van der Waals surface area contributed by atoms with E-state index in [1.54, 1.807) is 0 Å². The number of anilines is 6. The van der Waals surface area contributed by atoms with Crippen molar-refractivity contribution in [1.29, 1.82) is 0 Å². The minimum Gasteiger partial charge on any atom is -0.311 e. The zero-order valence-corrected chi connectivity index (χ0v) is 46.4. The average molecular weight is 941 g/mol. The first-order valence-corrected chi connectivity index (χ1v) is 27.3. The van der Waals surface area contributed by atoms with E-state index in [0.29, 0.717) is 0 Å². The van der Waals surface area contributed by atoms with E-state index in [-0.39, 0.29) is 44.6 Å². The van der Waals surface area contributed by atoms with Crippen LogP contribution in [0.3, 0.4) is 0 Å². The third-order valence-corrected chi connectivity index (χ3v) is 18.8. The molecule has 0 saturated heterocycles. The third kappa shape index (κ3) is 7.30. The van der Waals surface area contributed by atoms with Crippen molar-refractivity contribution < 1.29 is 0 Å². The maximum atomic E-state index is 2.74. The zero-order valence-electron chi connectivity index (χ0n) is 45.6. The SMILES string of the molecule is CC(C)(C)c1ccc(N2c3cc4c(cc3B3c5c2cc(C(C)(C)C)cc5N(c2ccc(C(C)(C)C)cc2-c2ccccc2)c2sc5cc6c(cc5c23)C(C)(C)CCC6(C)C)C(C)(C)CCC4(C)C)cc1. The van der Waals surface area contributed by atoms with Crippen molar-refractivity contribution in [2.24, 2.45) is 0 Å². The van der Waals surface area contributed by atoms with Gasteiger partial charge in [0.05, 0.1) is 10.7 Å². The summed E-state index contributed by atoms with van der Waals surface area (Å²) in [4.78, 5) is 5.43. The van der Waals surface area contributed by atoms with E-state index in [0.717, 1.165) is 0 Å². The van der Waals surface area contributed by atoms with Crippen LogP contribution in [0.15, 0.2) is 109 Å². The fraction of sp³-hybridized carbons (Fsp3) is 0.424. The molecule has 0 N–H and O–H groups in total. The molecule has 0 bridgehead atoms. The maximum absolute atomic E-state index is 2.74. The molecule has 11 rings (SSSR count). The van der Waals surface area contributed by atoms with Gasteiger partial charge in [-0.15, -0.1) is 11.3 Å². The van der Waals surface area contributed by atoms with Crippen LogP contribution in [0.5, 0.6) is 0 Å². The van der Waals surface area contributed by atoms with Crippen LogP contribution in [0.25, 0.3) is 21.2 Å². The van der Waals surface area contributed by atoms with Crippen molar-refractivity contribution in [3.05, 3.63) is 148 Å². The van der Waals surface area contributed by atoms with Crippen molar-refractivity contribution in [3.8, 4) is 11.1 Å². The van der Waals surface area contributed by atoms with Gasteiger partial charge in [0.15, 0.2) is 0 Å². The zero-order chi connectivity index (χ0) is 50.0. The number of thiophene rings is 1. The predicted octanol–water partition coefficient (Wildman–Crippen LogP) is 17.2. The van der Waals surface area contributed by atoms with Crippen LogP contribution in [0, 0.1) is 0 Å². The number of rotatable bonds is 3. The molecule has 4 aliphatic rings. The van der Waals surface area contributed by atoms with Gasteiger partial charge in [-0.3, -0.25) is 0 Å². The van der Waals surface area contributed by atoms with Crippen LogP contribution >= 0.6 is 11.3 Å². The summed E-state index contributed by atoms with van der Waals surface area (Å²) in [5, 5.41) is 2.78. The first-order chi connectivity index (χ1) is 32.6. The second kappa shape index (κ2) is 15.2. The molecule has 0 unspecified atom stereocenters. The molecular formula is C66H77BN2S. The number of fused-ring (bicyclic) bond motifs is 8. The van der Waals surface area contributed by atoms with E-state index in [4.69, 9.17) is 0 Å². The summed E-state index contributed by atoms with van der Waals surface area (Å²) in [6.45, 7) is 41.2. The molecule has 360 valence electrons. The second-order valence-corrected chi connectivity index (χ2v) is 28.7. The fourth-order valence-corrected chi connectivity index (χ4v) is 14.0. The van der Waals surface area contributed by atoms with Gasteiger partial charge >= 0.3 is 0 Å². The molecule has 2 aliphatic heterocycles. The number of hydrogen-bond donors (Lipinski definition) is 0. The van der Waals surface area contributed by atoms with Crippen molar-refractivity contribution in [3.63, 3.8) is 0 Å². The Kier molecular flexibility index (Phi) is 10.3. The van der Waals surface area contributed by atoms with E-state index >= 15 is 0 Å². The van der Waals surface area contributed by atoms with Gasteiger partial charge in [0.25, 0.3) is 6.71 Å². The lowest BCUT2D eigenvalue weighted by atomic mass is 9.33. The summed E-state index contributed by atoms with van der Waals surface area (Å²) >= 11 is 2.03. The minimum atomic E-state index is -0.119. The van der Waals surface area contributed by atoms with E-state index in [9.17, 15) is 0 Å². The highest BCUT2D eigenvalue weighted by atomic mass is 32.1. The lowest BCUT2D eigenvalue weighted by Crippen LogP contribution is -2.61. The lowest BCUT2D eigenvalue weighted by molar-refractivity contribution is 0.332. The van der Waals surface area contributed by atoms with Crippen LogP contribution in [-0.4, -0.2) is 6.71 Å². The molecule has 0 spiro atoms. The van der Waals surface area contributed by atoms with Crippen LogP contribution in [0.2, 0.25) is 0 Å². The Bertz CT molecular complexity index is 3270. The van der Waals surface area contributed by atoms with E-state index in [1.165, 1.54) is 136 Å². The van der Waals surface area contributed by atoms with Crippen molar-refractivity contribution >= 4 is 78.0 Å². The molecule has 2 nitrogen and oxygen atoms in total. The molecule has 0 saturated carbocycles. The van der Waals surface area contributed by atoms with E-state index < -0.39 is 0 Å². The van der Waals surface area contributed by atoms with E-state index in [1.807, 2.05) is 11.3 Å². The molecule has 7 aromatic rings. The first-order valence-electron chi connectivity index (χ1n) is 26.5. The Morgan fingerprint density at radius 2 is 0.943 bits per heavy atom. The second-order valence-electron chi connectivity index (χ2n) is 27.6. The first kappa shape index (κ1) is 47.3.